The van der Waals surface area contributed by atoms with Gasteiger partial charge in [0.05, 0.1) is 6.54 Å². The highest BCUT2D eigenvalue weighted by Gasteiger charge is 2.50. The number of nitrogens with two attached hydrogens (primary N) is 1. The van der Waals surface area contributed by atoms with Crippen molar-refractivity contribution in [1.82, 2.24) is 15.3 Å². The molecule has 2 fully saturated rings. The Morgan fingerprint density at radius 3 is 2.47 bits per heavy atom. The van der Waals surface area contributed by atoms with Crippen molar-refractivity contribution in [3.05, 3.63) is 12.2 Å². The summed E-state index contributed by atoms with van der Waals surface area (Å²) in [7, 11) is 0. The Balaban J connectivity index is 0.000000240. The largest absolute Gasteiger partial charge is 0.342 e. The Bertz CT molecular complexity index is 694. The zero-order valence-electron chi connectivity index (χ0n) is 19.7. The van der Waals surface area contributed by atoms with Gasteiger partial charge in [0.15, 0.2) is 0 Å². The van der Waals surface area contributed by atoms with Crippen LogP contribution < -0.4 is 11.2 Å². The molecule has 32 heavy (non-hydrogen) atoms. The third kappa shape index (κ3) is 8.57. The minimum Gasteiger partial charge on any atom is -0.342 e. The van der Waals surface area contributed by atoms with Crippen LogP contribution in [0, 0.1) is 11.3 Å². The zero-order valence-corrected chi connectivity index (χ0v) is 19.7. The molecule has 3 atom stereocenters. The van der Waals surface area contributed by atoms with Crippen molar-refractivity contribution in [2.45, 2.75) is 78.1 Å². The molecule has 1 spiro atoms. The molecule has 1 aliphatic carbocycles. The molecule has 0 bridgehead atoms. The van der Waals surface area contributed by atoms with Crippen LogP contribution in [0.5, 0.6) is 0 Å². The Labute approximate surface area is 190 Å². The van der Waals surface area contributed by atoms with E-state index in [9.17, 15) is 18.8 Å². The van der Waals surface area contributed by atoms with E-state index in [0.29, 0.717) is 41.8 Å². The van der Waals surface area contributed by atoms with E-state index in [1.54, 1.807) is 0 Å². The molecule has 0 radical (unpaired) electrons. The quantitative estimate of drug-likeness (QED) is 0.129. The number of likely N-dealkylation sites (tertiary alicyclic amines) is 1. The predicted molar refractivity (Wildman–Crippen MR) is 119 cm³/mol. The average Bonchev–Trinajstić information content (AvgIpc) is 3.36. The Kier molecular flexibility index (Phi) is 10.8. The molecule has 9 nitrogen and oxygen atoms in total. The van der Waals surface area contributed by atoms with Crippen LogP contribution in [0.1, 0.15) is 66.2 Å². The predicted octanol–water partition coefficient (Wildman–Crippen LogP) is 1.95. The second-order valence-electron chi connectivity index (χ2n) is 9.18. The number of hydrazine groups is 1. The number of hydroxylamine groups is 2. The van der Waals surface area contributed by atoms with Crippen LogP contribution >= 0.6 is 0 Å². The van der Waals surface area contributed by atoms with Crippen molar-refractivity contribution >= 4 is 25.1 Å². The van der Waals surface area contributed by atoms with Crippen LogP contribution in [0.15, 0.2) is 12.2 Å². The van der Waals surface area contributed by atoms with Gasteiger partial charge in [-0.25, -0.2) is 10.4 Å². The van der Waals surface area contributed by atoms with Crippen LogP contribution in [0.3, 0.4) is 0 Å². The van der Waals surface area contributed by atoms with Crippen LogP contribution in [0.25, 0.3) is 0 Å². The molecule has 3 rings (SSSR count). The van der Waals surface area contributed by atoms with Gasteiger partial charge in [-0.15, -0.1) is 4.68 Å². The van der Waals surface area contributed by atoms with Crippen molar-refractivity contribution in [3.63, 3.8) is 0 Å². The van der Waals surface area contributed by atoms with E-state index in [0.717, 1.165) is 36.9 Å². The topological polar surface area (TPSA) is 119 Å². The van der Waals surface area contributed by atoms with E-state index >= 15 is 0 Å². The second kappa shape index (κ2) is 12.5. The number of amides is 3. The number of halogens is 1. The number of unbranched alkanes of at least 4 members (excludes halogenated alkanes) is 1. The number of rotatable bonds is 8. The van der Waals surface area contributed by atoms with Gasteiger partial charge in [-0.3, -0.25) is 25.4 Å². The van der Waals surface area contributed by atoms with E-state index in [1.165, 1.54) is 38.3 Å². The lowest BCUT2D eigenvalue weighted by Gasteiger charge is -2.14. The fraction of sp³-hybridized carbons (Fsp3) is 0.727. The summed E-state index contributed by atoms with van der Waals surface area (Å²) in [6.07, 6.45) is 11.9. The number of hydrogen-bond donors (Lipinski definition) is 3. The van der Waals surface area contributed by atoms with Gasteiger partial charge < -0.3 is 4.90 Å². The van der Waals surface area contributed by atoms with Gasteiger partial charge >= 0.3 is 5.84 Å². The Morgan fingerprint density at radius 2 is 2.09 bits per heavy atom. The molecule has 1 saturated carbocycles. The van der Waals surface area contributed by atoms with E-state index in [1.807, 2.05) is 11.8 Å². The number of carbonyl (C=O) groups excluding carboxylic acids is 3. The van der Waals surface area contributed by atoms with Crippen molar-refractivity contribution < 1.29 is 28.7 Å². The highest BCUT2D eigenvalue weighted by Crippen LogP contribution is 2.54. The third-order valence-corrected chi connectivity index (χ3v) is 6.06. The molecule has 3 aliphatic rings. The smallest absolute Gasteiger partial charge is 0.302 e. The normalized spacial score (nSPS) is 25.3. The molecule has 2 aliphatic heterocycles. The number of hydrogen-bond acceptors (Lipinski definition) is 5. The molecular weight excluding hydrogens is 417 g/mol. The maximum atomic E-state index is 13.1. The number of carbonyl (C=O) groups is 3. The molecular formula is C22H39FN5O4+. The molecule has 2 heterocycles. The van der Waals surface area contributed by atoms with Gasteiger partial charge in [0.25, 0.3) is 12.2 Å². The highest BCUT2D eigenvalue weighted by molar-refractivity contribution is 5.96. The maximum absolute atomic E-state index is 13.1. The first-order valence-electron chi connectivity index (χ1n) is 11.2. The summed E-state index contributed by atoms with van der Waals surface area (Å²) >= 11 is 0. The standard InChI is InChI=1S/C8H17NO2.C8H13NO.C6H8FN3O/c1-3-4-5-8(2)6-9(11)7-10;1-7-4-8(2-3-8)5-9(7)6-10;1-6(7)3-2-5(9-4-11)10(6)8/h7-8,11H,3-6H2,1-2H3;6-7H,2-5H2,1H3;2-4H,8H2,1H3/p+1. The molecule has 3 unspecified atom stereocenters. The number of hydrazone groups is 1. The van der Waals surface area contributed by atoms with Crippen molar-refractivity contribution in [2.75, 3.05) is 13.1 Å². The first-order valence-corrected chi connectivity index (χ1v) is 11.2. The number of amidine groups is 1. The first kappa shape index (κ1) is 27.5. The van der Waals surface area contributed by atoms with Gasteiger partial charge in [0.1, 0.15) is 0 Å². The number of nitrogens with zero attached hydrogens (tertiary/aromatic N) is 3. The molecule has 0 aromatic rings. The summed E-state index contributed by atoms with van der Waals surface area (Å²) in [6.45, 7) is 9.07. The summed E-state index contributed by atoms with van der Waals surface area (Å²) < 4.78 is 14.0. The molecule has 10 heteroatoms. The van der Waals surface area contributed by atoms with Gasteiger partial charge in [0, 0.05) is 31.7 Å². The van der Waals surface area contributed by atoms with E-state index < -0.39 is 5.79 Å². The van der Waals surface area contributed by atoms with Crippen molar-refractivity contribution in [3.8, 4) is 0 Å². The minimum absolute atomic E-state index is 0.255. The lowest BCUT2D eigenvalue weighted by Crippen LogP contribution is -2.42. The van der Waals surface area contributed by atoms with E-state index in [2.05, 4.69) is 19.2 Å². The summed E-state index contributed by atoms with van der Waals surface area (Å²) in [6, 6.07) is 0.500. The average molecular weight is 457 g/mol. The van der Waals surface area contributed by atoms with Crippen LogP contribution in [0.4, 0.5) is 4.39 Å². The molecule has 1 saturated heterocycles. The van der Waals surface area contributed by atoms with E-state index in [4.69, 9.17) is 11.0 Å². The van der Waals surface area contributed by atoms with Gasteiger partial charge in [-0.2, -0.15) is 4.39 Å². The summed E-state index contributed by atoms with van der Waals surface area (Å²) in [5, 5.41) is 11.8. The van der Waals surface area contributed by atoms with Crippen LogP contribution in [-0.4, -0.2) is 69.8 Å². The molecule has 4 N–H and O–H groups in total. The minimum atomic E-state index is -1.70. The van der Waals surface area contributed by atoms with Crippen LogP contribution in [-0.2, 0) is 14.4 Å². The Morgan fingerprint density at radius 1 is 1.44 bits per heavy atom. The first-order chi connectivity index (χ1) is 15.0. The maximum Gasteiger partial charge on any atom is 0.302 e. The second-order valence-corrected chi connectivity index (χ2v) is 9.18. The van der Waals surface area contributed by atoms with Crippen molar-refractivity contribution in [1.29, 1.82) is 0 Å². The number of alkyl halides is 1. The molecule has 0 aromatic carbocycles. The zero-order chi connectivity index (χ0) is 24.4. The lowest BCUT2D eigenvalue weighted by atomic mass is 10.0. The third-order valence-electron chi connectivity index (χ3n) is 6.06. The highest BCUT2D eigenvalue weighted by atomic mass is 19.1. The number of nitrogens with one attached hydrogen (secondary N) is 1. The summed E-state index contributed by atoms with van der Waals surface area (Å²) in [5.74, 6) is 4.23. The monoisotopic (exact) mass is 456 g/mol. The summed E-state index contributed by atoms with van der Waals surface area (Å²) in [4.78, 5) is 32.3. The fourth-order valence-corrected chi connectivity index (χ4v) is 3.84. The molecule has 182 valence electrons. The molecule has 0 aromatic heterocycles. The van der Waals surface area contributed by atoms with Gasteiger partial charge in [-0.05, 0) is 43.9 Å². The van der Waals surface area contributed by atoms with Gasteiger partial charge in [0.2, 0.25) is 12.8 Å². The summed E-state index contributed by atoms with van der Waals surface area (Å²) in [5.41, 5.74) is 0.584. The molecule has 3 amide bonds. The Hall–Kier alpha value is -2.49. The lowest BCUT2D eigenvalue weighted by molar-refractivity contribution is -0.630. The SMILES string of the molecule is CC1(F)C=CC(NC=O)=[N+]1N.CC1CC2(CC2)CN1C=O.CCCCC(C)CN(O)C=O. The van der Waals surface area contributed by atoms with Crippen LogP contribution in [0.2, 0.25) is 0 Å². The van der Waals surface area contributed by atoms with E-state index in [-0.39, 0.29) is 5.84 Å². The fourth-order valence-electron chi connectivity index (χ4n) is 3.84. The van der Waals surface area contributed by atoms with Crippen molar-refractivity contribution in [2.24, 2.45) is 17.2 Å². The van der Waals surface area contributed by atoms with Gasteiger partial charge in [-0.1, -0.05) is 26.7 Å².